The second-order valence-electron chi connectivity index (χ2n) is 3.53. The van der Waals surface area contributed by atoms with Crippen molar-refractivity contribution in [3.63, 3.8) is 0 Å². The Balaban J connectivity index is 2.61. The molecule has 1 rings (SSSR count). The van der Waals surface area contributed by atoms with Crippen LogP contribution in [0.25, 0.3) is 0 Å². The van der Waals surface area contributed by atoms with Crippen molar-refractivity contribution in [1.82, 2.24) is 0 Å². The molecule has 0 fully saturated rings. The van der Waals surface area contributed by atoms with Crippen LogP contribution >= 0.6 is 0 Å². The summed E-state index contributed by atoms with van der Waals surface area (Å²) in [6.07, 6.45) is -0.917. The topological polar surface area (TPSA) is 61.8 Å². The molecule has 98 valence electrons. The predicted molar refractivity (Wildman–Crippen MR) is 64.5 cm³/mol. The molecule has 1 atom stereocenters. The molecule has 0 N–H and O–H groups in total. The van der Waals surface area contributed by atoms with Crippen LogP contribution in [0.2, 0.25) is 0 Å². The highest BCUT2D eigenvalue weighted by molar-refractivity contribution is 5.91. The van der Waals surface area contributed by atoms with E-state index in [-0.39, 0.29) is 6.61 Å². The molecule has 0 aliphatic carbocycles. The zero-order chi connectivity index (χ0) is 13.5. The smallest absolute Gasteiger partial charge is 0.347 e. The first-order valence-corrected chi connectivity index (χ1v) is 5.60. The molecule has 0 unspecified atom stereocenters. The van der Waals surface area contributed by atoms with Crippen molar-refractivity contribution in [3.05, 3.63) is 29.8 Å². The molecule has 0 saturated heterocycles. The standard InChI is InChI=1S/C13H16O5/c1-4-17-12(14)9(2)18-13(15)10-5-7-11(16-3)8-6-10/h5-9H,4H2,1-3H3/t9-/m1/s1. The summed E-state index contributed by atoms with van der Waals surface area (Å²) in [4.78, 5) is 23.0. The summed E-state index contributed by atoms with van der Waals surface area (Å²) in [5.41, 5.74) is 0.354. The zero-order valence-corrected chi connectivity index (χ0v) is 10.6. The molecule has 0 heterocycles. The van der Waals surface area contributed by atoms with E-state index in [1.165, 1.54) is 14.0 Å². The van der Waals surface area contributed by atoms with Crippen LogP contribution in [0.4, 0.5) is 0 Å². The molecule has 0 saturated carbocycles. The van der Waals surface area contributed by atoms with Crippen LogP contribution in [0, 0.1) is 0 Å². The van der Waals surface area contributed by atoms with Crippen LogP contribution in [0.5, 0.6) is 5.75 Å². The van der Waals surface area contributed by atoms with Gasteiger partial charge in [-0.25, -0.2) is 9.59 Å². The maximum Gasteiger partial charge on any atom is 0.347 e. The lowest BCUT2D eigenvalue weighted by atomic mass is 10.2. The van der Waals surface area contributed by atoms with Crippen LogP contribution in [-0.4, -0.2) is 31.8 Å². The van der Waals surface area contributed by atoms with Gasteiger partial charge in [0, 0.05) is 0 Å². The highest BCUT2D eigenvalue weighted by atomic mass is 16.6. The molecule has 0 spiro atoms. The molecule has 0 aliphatic heterocycles. The Morgan fingerprint density at radius 1 is 1.22 bits per heavy atom. The summed E-state index contributed by atoms with van der Waals surface area (Å²) in [7, 11) is 1.54. The SMILES string of the molecule is CCOC(=O)[C@@H](C)OC(=O)c1ccc(OC)cc1. The van der Waals surface area contributed by atoms with Crippen molar-refractivity contribution in [1.29, 1.82) is 0 Å². The highest BCUT2D eigenvalue weighted by Gasteiger charge is 2.19. The fourth-order valence-corrected chi connectivity index (χ4v) is 1.26. The van der Waals surface area contributed by atoms with E-state index in [2.05, 4.69) is 0 Å². The number of methoxy groups -OCH3 is 1. The van der Waals surface area contributed by atoms with E-state index in [0.717, 1.165) is 0 Å². The van der Waals surface area contributed by atoms with Crippen LogP contribution in [0.3, 0.4) is 0 Å². The monoisotopic (exact) mass is 252 g/mol. The number of hydrogen-bond donors (Lipinski definition) is 0. The van der Waals surface area contributed by atoms with Gasteiger partial charge in [-0.15, -0.1) is 0 Å². The Morgan fingerprint density at radius 2 is 1.83 bits per heavy atom. The minimum atomic E-state index is -0.917. The maximum atomic E-state index is 11.7. The molecule has 0 aliphatic rings. The third-order valence-corrected chi connectivity index (χ3v) is 2.23. The second kappa shape index (κ2) is 6.64. The Labute approximate surface area is 106 Å². The van der Waals surface area contributed by atoms with Gasteiger partial charge < -0.3 is 14.2 Å². The molecular formula is C13H16O5. The van der Waals surface area contributed by atoms with Gasteiger partial charge in [0.05, 0.1) is 19.3 Å². The normalized spacial score (nSPS) is 11.5. The van der Waals surface area contributed by atoms with E-state index >= 15 is 0 Å². The average molecular weight is 252 g/mol. The Morgan fingerprint density at radius 3 is 2.33 bits per heavy atom. The predicted octanol–water partition coefficient (Wildman–Crippen LogP) is 1.80. The van der Waals surface area contributed by atoms with Crippen molar-refractivity contribution in [2.45, 2.75) is 20.0 Å². The lowest BCUT2D eigenvalue weighted by Crippen LogP contribution is -2.26. The van der Waals surface area contributed by atoms with Gasteiger partial charge in [0.25, 0.3) is 0 Å². The summed E-state index contributed by atoms with van der Waals surface area (Å²) in [5, 5.41) is 0. The summed E-state index contributed by atoms with van der Waals surface area (Å²) in [6.45, 7) is 3.42. The quantitative estimate of drug-likeness (QED) is 0.748. The molecule has 0 aromatic heterocycles. The fraction of sp³-hybridized carbons (Fsp3) is 0.385. The van der Waals surface area contributed by atoms with Crippen LogP contribution in [0.1, 0.15) is 24.2 Å². The fourth-order valence-electron chi connectivity index (χ4n) is 1.26. The highest BCUT2D eigenvalue weighted by Crippen LogP contribution is 2.12. The lowest BCUT2D eigenvalue weighted by molar-refractivity contribution is -0.152. The number of carbonyl (C=O) groups excluding carboxylic acids is 2. The van der Waals surface area contributed by atoms with Crippen LogP contribution in [0.15, 0.2) is 24.3 Å². The number of ether oxygens (including phenoxy) is 3. The lowest BCUT2D eigenvalue weighted by Gasteiger charge is -2.12. The average Bonchev–Trinajstić information content (AvgIpc) is 2.39. The molecule has 0 radical (unpaired) electrons. The van der Waals surface area contributed by atoms with Gasteiger partial charge in [-0.1, -0.05) is 0 Å². The Hall–Kier alpha value is -2.04. The van der Waals surface area contributed by atoms with Crippen molar-refractivity contribution < 1.29 is 23.8 Å². The summed E-state index contributed by atoms with van der Waals surface area (Å²) in [6, 6.07) is 6.43. The molecule has 18 heavy (non-hydrogen) atoms. The van der Waals surface area contributed by atoms with Gasteiger partial charge in [0.15, 0.2) is 6.10 Å². The van der Waals surface area contributed by atoms with Crippen molar-refractivity contribution >= 4 is 11.9 Å². The second-order valence-corrected chi connectivity index (χ2v) is 3.53. The first-order chi connectivity index (χ1) is 8.58. The van der Waals surface area contributed by atoms with Gasteiger partial charge in [-0.2, -0.15) is 0 Å². The molecular weight excluding hydrogens is 236 g/mol. The van der Waals surface area contributed by atoms with Gasteiger partial charge in [-0.05, 0) is 38.1 Å². The third-order valence-electron chi connectivity index (χ3n) is 2.23. The van der Waals surface area contributed by atoms with Gasteiger partial charge in [0.1, 0.15) is 5.75 Å². The van der Waals surface area contributed by atoms with Crippen molar-refractivity contribution in [3.8, 4) is 5.75 Å². The maximum absolute atomic E-state index is 11.7. The number of hydrogen-bond acceptors (Lipinski definition) is 5. The number of esters is 2. The van der Waals surface area contributed by atoms with E-state index < -0.39 is 18.0 Å². The Kier molecular flexibility index (Phi) is 5.17. The van der Waals surface area contributed by atoms with Crippen molar-refractivity contribution in [2.24, 2.45) is 0 Å². The Bertz CT molecular complexity index is 410. The molecule has 1 aromatic carbocycles. The summed E-state index contributed by atoms with van der Waals surface area (Å²) in [5.74, 6) is -0.484. The van der Waals surface area contributed by atoms with Gasteiger partial charge >= 0.3 is 11.9 Å². The van der Waals surface area contributed by atoms with E-state index in [4.69, 9.17) is 14.2 Å². The van der Waals surface area contributed by atoms with E-state index in [1.807, 2.05) is 0 Å². The number of benzene rings is 1. The van der Waals surface area contributed by atoms with Gasteiger partial charge in [-0.3, -0.25) is 0 Å². The first kappa shape index (κ1) is 14.0. The van der Waals surface area contributed by atoms with E-state index in [0.29, 0.717) is 11.3 Å². The minimum Gasteiger partial charge on any atom is -0.497 e. The molecule has 5 heteroatoms. The summed E-state index contributed by atoms with van der Waals surface area (Å²) >= 11 is 0. The van der Waals surface area contributed by atoms with Crippen LogP contribution in [-0.2, 0) is 14.3 Å². The van der Waals surface area contributed by atoms with E-state index in [9.17, 15) is 9.59 Å². The largest absolute Gasteiger partial charge is 0.497 e. The molecule has 5 nitrogen and oxygen atoms in total. The summed E-state index contributed by atoms with van der Waals surface area (Å²) < 4.78 is 14.7. The number of rotatable bonds is 5. The molecule has 1 aromatic rings. The number of carbonyl (C=O) groups is 2. The van der Waals surface area contributed by atoms with Crippen LogP contribution < -0.4 is 4.74 Å². The van der Waals surface area contributed by atoms with Gasteiger partial charge in [0.2, 0.25) is 0 Å². The third kappa shape index (κ3) is 3.76. The molecule has 0 bridgehead atoms. The molecule has 0 amide bonds. The zero-order valence-electron chi connectivity index (χ0n) is 10.6. The first-order valence-electron chi connectivity index (χ1n) is 5.60. The van der Waals surface area contributed by atoms with Crippen molar-refractivity contribution in [2.75, 3.05) is 13.7 Å². The van der Waals surface area contributed by atoms with E-state index in [1.54, 1.807) is 31.2 Å². The minimum absolute atomic E-state index is 0.253.